The molecule has 1 saturated heterocycles. The van der Waals surface area contributed by atoms with E-state index in [9.17, 15) is 4.79 Å². The zero-order chi connectivity index (χ0) is 14.2. The number of carbonyl (C=O) groups excluding carboxylic acids is 1. The van der Waals surface area contributed by atoms with Crippen molar-refractivity contribution in [3.8, 4) is 0 Å². The standard InChI is InChI=1S/C17H24N2O.ClH/c1-3-17(4-2)12-19(15-10-6-5-8-13(15)17)16(20)14-9-7-11-18-14;/h5-6,8,10,14,18H,3-4,7,9,11-12H2,1-2H3;1H. The van der Waals surface area contributed by atoms with Crippen LogP contribution in [0.5, 0.6) is 0 Å². The van der Waals surface area contributed by atoms with Crippen molar-refractivity contribution < 1.29 is 4.79 Å². The van der Waals surface area contributed by atoms with Crippen molar-refractivity contribution in [1.29, 1.82) is 0 Å². The number of hydrogen-bond acceptors (Lipinski definition) is 2. The van der Waals surface area contributed by atoms with Crippen LogP contribution in [0.2, 0.25) is 0 Å². The molecule has 116 valence electrons. The zero-order valence-corrected chi connectivity index (χ0v) is 13.7. The van der Waals surface area contributed by atoms with E-state index in [-0.39, 0.29) is 29.8 Å². The van der Waals surface area contributed by atoms with Gasteiger partial charge in [-0.15, -0.1) is 12.4 Å². The first-order valence-corrected chi connectivity index (χ1v) is 7.86. The molecule has 0 aliphatic carbocycles. The molecule has 1 unspecified atom stereocenters. The summed E-state index contributed by atoms with van der Waals surface area (Å²) < 4.78 is 0. The number of para-hydroxylation sites is 1. The van der Waals surface area contributed by atoms with E-state index in [2.05, 4.69) is 37.4 Å². The second-order valence-electron chi connectivity index (χ2n) is 6.08. The molecule has 4 heteroatoms. The summed E-state index contributed by atoms with van der Waals surface area (Å²) >= 11 is 0. The van der Waals surface area contributed by atoms with Crippen molar-refractivity contribution in [2.45, 2.75) is 51.0 Å². The van der Waals surface area contributed by atoms with Crippen molar-refractivity contribution in [2.24, 2.45) is 0 Å². The van der Waals surface area contributed by atoms with Crippen LogP contribution in [0.25, 0.3) is 0 Å². The van der Waals surface area contributed by atoms with Crippen LogP contribution >= 0.6 is 12.4 Å². The number of anilines is 1. The van der Waals surface area contributed by atoms with Crippen LogP contribution in [0, 0.1) is 0 Å². The Morgan fingerprint density at radius 2 is 2.05 bits per heavy atom. The maximum atomic E-state index is 12.8. The molecule has 2 aliphatic rings. The fourth-order valence-corrected chi connectivity index (χ4v) is 3.77. The van der Waals surface area contributed by atoms with Gasteiger partial charge in [0.15, 0.2) is 0 Å². The van der Waals surface area contributed by atoms with Crippen molar-refractivity contribution >= 4 is 24.0 Å². The first-order valence-electron chi connectivity index (χ1n) is 7.86. The summed E-state index contributed by atoms with van der Waals surface area (Å²) in [5, 5.41) is 3.34. The largest absolute Gasteiger partial charge is 0.310 e. The van der Waals surface area contributed by atoms with E-state index in [0.29, 0.717) is 0 Å². The van der Waals surface area contributed by atoms with Gasteiger partial charge in [0.25, 0.3) is 0 Å². The molecular weight excluding hydrogens is 284 g/mol. The Morgan fingerprint density at radius 1 is 1.33 bits per heavy atom. The van der Waals surface area contributed by atoms with E-state index < -0.39 is 0 Å². The number of nitrogens with zero attached hydrogens (tertiary/aromatic N) is 1. The Balaban J connectivity index is 0.00000161. The molecular formula is C17H25ClN2O. The number of carbonyl (C=O) groups is 1. The van der Waals surface area contributed by atoms with Crippen LogP contribution in [0.3, 0.4) is 0 Å². The molecule has 3 rings (SSSR count). The maximum absolute atomic E-state index is 12.8. The van der Waals surface area contributed by atoms with Gasteiger partial charge in [0.05, 0.1) is 6.04 Å². The molecule has 3 nitrogen and oxygen atoms in total. The zero-order valence-electron chi connectivity index (χ0n) is 12.9. The first kappa shape index (κ1) is 16.3. The highest BCUT2D eigenvalue weighted by Gasteiger charge is 2.43. The highest BCUT2D eigenvalue weighted by atomic mass is 35.5. The predicted octanol–water partition coefficient (Wildman–Crippen LogP) is 3.26. The van der Waals surface area contributed by atoms with Crippen LogP contribution in [0.15, 0.2) is 24.3 Å². The summed E-state index contributed by atoms with van der Waals surface area (Å²) in [6, 6.07) is 8.48. The first-order chi connectivity index (χ1) is 9.72. The number of nitrogens with one attached hydrogen (secondary N) is 1. The molecule has 1 fully saturated rings. The maximum Gasteiger partial charge on any atom is 0.244 e. The molecule has 0 aromatic heterocycles. The van der Waals surface area contributed by atoms with Crippen LogP contribution < -0.4 is 10.2 Å². The van der Waals surface area contributed by atoms with E-state index in [1.165, 1.54) is 5.56 Å². The normalized spacial score (nSPS) is 22.8. The molecule has 1 atom stereocenters. The van der Waals surface area contributed by atoms with E-state index >= 15 is 0 Å². The fraction of sp³-hybridized carbons (Fsp3) is 0.588. The topological polar surface area (TPSA) is 32.3 Å². The summed E-state index contributed by atoms with van der Waals surface area (Å²) in [4.78, 5) is 14.8. The molecule has 1 amide bonds. The molecule has 0 spiro atoms. The Labute approximate surface area is 133 Å². The van der Waals surface area contributed by atoms with Gasteiger partial charge < -0.3 is 10.2 Å². The molecule has 0 radical (unpaired) electrons. The van der Waals surface area contributed by atoms with E-state index in [1.54, 1.807) is 0 Å². The number of halogens is 1. The third-order valence-corrected chi connectivity index (χ3v) is 5.20. The highest BCUT2D eigenvalue weighted by Crippen LogP contribution is 2.45. The van der Waals surface area contributed by atoms with Crippen LogP contribution in [0.4, 0.5) is 5.69 Å². The molecule has 0 saturated carbocycles. The van der Waals surface area contributed by atoms with Crippen molar-refractivity contribution in [1.82, 2.24) is 5.32 Å². The minimum atomic E-state index is 0. The minimum absolute atomic E-state index is 0. The molecule has 0 bridgehead atoms. The minimum Gasteiger partial charge on any atom is -0.310 e. The van der Waals surface area contributed by atoms with Crippen molar-refractivity contribution in [2.75, 3.05) is 18.0 Å². The summed E-state index contributed by atoms with van der Waals surface area (Å²) in [6.07, 6.45) is 4.26. The lowest BCUT2D eigenvalue weighted by Gasteiger charge is -2.28. The van der Waals surface area contributed by atoms with Gasteiger partial charge in [-0.2, -0.15) is 0 Å². The van der Waals surface area contributed by atoms with E-state index in [0.717, 1.165) is 44.5 Å². The molecule has 1 aromatic carbocycles. The Hall–Kier alpha value is -1.06. The average Bonchev–Trinajstić information content (AvgIpc) is 3.13. The van der Waals surface area contributed by atoms with Crippen LogP contribution in [-0.4, -0.2) is 25.0 Å². The SMILES string of the molecule is CCC1(CC)CN(C(=O)C2CCCN2)c2ccccc21.Cl. The Bertz CT molecular complexity index is 507. The third-order valence-electron chi connectivity index (χ3n) is 5.20. The number of rotatable bonds is 3. The van der Waals surface area contributed by atoms with E-state index in [1.807, 2.05) is 11.0 Å². The average molecular weight is 309 g/mol. The number of amides is 1. The molecule has 1 aromatic rings. The van der Waals surface area contributed by atoms with Crippen molar-refractivity contribution in [3.05, 3.63) is 29.8 Å². The van der Waals surface area contributed by atoms with E-state index in [4.69, 9.17) is 0 Å². The molecule has 1 N–H and O–H groups in total. The number of benzene rings is 1. The van der Waals surface area contributed by atoms with Crippen LogP contribution in [0.1, 0.15) is 45.1 Å². The van der Waals surface area contributed by atoms with Gasteiger partial charge in [-0.05, 0) is 43.9 Å². The van der Waals surface area contributed by atoms with Gasteiger partial charge in [0, 0.05) is 17.6 Å². The third kappa shape index (κ3) is 2.58. The second-order valence-corrected chi connectivity index (χ2v) is 6.08. The fourth-order valence-electron chi connectivity index (χ4n) is 3.77. The Kier molecular flexibility index (Phi) is 4.95. The molecule has 2 heterocycles. The van der Waals surface area contributed by atoms with Gasteiger partial charge in [-0.3, -0.25) is 4.79 Å². The number of hydrogen-bond donors (Lipinski definition) is 1. The quantitative estimate of drug-likeness (QED) is 0.929. The Morgan fingerprint density at radius 3 is 2.67 bits per heavy atom. The summed E-state index contributed by atoms with van der Waals surface area (Å²) in [5.41, 5.74) is 2.64. The van der Waals surface area contributed by atoms with Gasteiger partial charge in [-0.25, -0.2) is 0 Å². The summed E-state index contributed by atoms with van der Waals surface area (Å²) in [5.74, 6) is 0.263. The van der Waals surface area contributed by atoms with Crippen LogP contribution in [-0.2, 0) is 10.2 Å². The van der Waals surface area contributed by atoms with Gasteiger partial charge in [-0.1, -0.05) is 32.0 Å². The molecule has 21 heavy (non-hydrogen) atoms. The summed E-state index contributed by atoms with van der Waals surface area (Å²) in [6.45, 7) is 6.29. The number of fused-ring (bicyclic) bond motifs is 1. The summed E-state index contributed by atoms with van der Waals surface area (Å²) in [7, 11) is 0. The highest BCUT2D eigenvalue weighted by molar-refractivity contribution is 5.99. The lowest BCUT2D eigenvalue weighted by molar-refractivity contribution is -0.120. The monoisotopic (exact) mass is 308 g/mol. The van der Waals surface area contributed by atoms with Gasteiger partial charge in [0.2, 0.25) is 5.91 Å². The van der Waals surface area contributed by atoms with Gasteiger partial charge >= 0.3 is 0 Å². The molecule has 2 aliphatic heterocycles. The van der Waals surface area contributed by atoms with Crippen molar-refractivity contribution in [3.63, 3.8) is 0 Å². The lowest BCUT2D eigenvalue weighted by Crippen LogP contribution is -2.45. The smallest absolute Gasteiger partial charge is 0.244 e. The lowest BCUT2D eigenvalue weighted by atomic mass is 9.78. The van der Waals surface area contributed by atoms with Gasteiger partial charge in [0.1, 0.15) is 0 Å². The predicted molar refractivity (Wildman–Crippen MR) is 89.3 cm³/mol. The second kappa shape index (κ2) is 6.37.